The van der Waals surface area contributed by atoms with Gasteiger partial charge in [0.25, 0.3) is 5.89 Å². The fraction of sp³-hybridized carbons (Fsp3) is 0.429. The number of aromatic nitrogens is 2. The number of ether oxygens (including phenoxy) is 2. The summed E-state index contributed by atoms with van der Waals surface area (Å²) in [6.45, 7) is 0.691. The first-order chi connectivity index (χ1) is 9.83. The maximum absolute atomic E-state index is 11.1. The molecule has 1 aliphatic rings. The van der Waals surface area contributed by atoms with Gasteiger partial charge in [0.15, 0.2) is 12.4 Å². The standard InChI is InChI=1S/C14H16N2O4/c17-14-16-15-13(20-14)12(10-6-2-1-3-7-10)19-11-8-4-5-9-18-11/h1-3,6-7,11-12H,4-5,8-9H2,(H,16,17). The number of hydrogen-bond donors (Lipinski definition) is 1. The van der Waals surface area contributed by atoms with Crippen molar-refractivity contribution in [3.63, 3.8) is 0 Å². The van der Waals surface area contributed by atoms with Crippen LogP contribution in [0.5, 0.6) is 0 Å². The van der Waals surface area contributed by atoms with E-state index in [2.05, 4.69) is 10.2 Å². The third-order valence-corrected chi connectivity index (χ3v) is 3.21. The number of benzene rings is 1. The Labute approximate surface area is 115 Å². The van der Waals surface area contributed by atoms with Gasteiger partial charge in [-0.3, -0.25) is 0 Å². The molecule has 1 fully saturated rings. The van der Waals surface area contributed by atoms with Crippen molar-refractivity contribution < 1.29 is 13.9 Å². The van der Waals surface area contributed by atoms with E-state index in [1.165, 1.54) is 0 Å². The highest BCUT2D eigenvalue weighted by Crippen LogP contribution is 2.28. The van der Waals surface area contributed by atoms with Gasteiger partial charge in [-0.1, -0.05) is 30.3 Å². The van der Waals surface area contributed by atoms with E-state index in [-0.39, 0.29) is 12.2 Å². The lowest BCUT2D eigenvalue weighted by molar-refractivity contribution is -0.185. The predicted octanol–water partition coefficient (Wildman–Crippen LogP) is 2.00. The molecule has 2 unspecified atom stereocenters. The third-order valence-electron chi connectivity index (χ3n) is 3.21. The number of nitrogens with one attached hydrogen (secondary N) is 1. The molecular weight excluding hydrogens is 260 g/mol. The lowest BCUT2D eigenvalue weighted by Crippen LogP contribution is -2.25. The molecule has 0 saturated carbocycles. The van der Waals surface area contributed by atoms with Gasteiger partial charge in [0, 0.05) is 6.61 Å². The molecule has 0 spiro atoms. The minimum absolute atomic E-state index is 0.218. The van der Waals surface area contributed by atoms with Gasteiger partial charge in [0.2, 0.25) is 0 Å². The Morgan fingerprint density at radius 1 is 1.30 bits per heavy atom. The van der Waals surface area contributed by atoms with E-state index in [0.717, 1.165) is 24.8 Å². The summed E-state index contributed by atoms with van der Waals surface area (Å²) in [5.74, 6) is -0.371. The highest BCUT2D eigenvalue weighted by molar-refractivity contribution is 5.21. The lowest BCUT2D eigenvalue weighted by atomic mass is 10.1. The molecule has 0 bridgehead atoms. The van der Waals surface area contributed by atoms with Crippen molar-refractivity contribution in [2.45, 2.75) is 31.7 Å². The molecule has 20 heavy (non-hydrogen) atoms. The first kappa shape index (κ1) is 13.1. The van der Waals surface area contributed by atoms with Gasteiger partial charge >= 0.3 is 5.76 Å². The highest BCUT2D eigenvalue weighted by atomic mass is 16.7. The molecule has 1 saturated heterocycles. The van der Waals surface area contributed by atoms with Crippen LogP contribution in [0.1, 0.15) is 36.8 Å². The molecule has 0 amide bonds. The summed E-state index contributed by atoms with van der Waals surface area (Å²) in [4.78, 5) is 11.1. The minimum atomic E-state index is -0.589. The zero-order valence-corrected chi connectivity index (χ0v) is 11.0. The van der Waals surface area contributed by atoms with Crippen molar-refractivity contribution in [2.24, 2.45) is 0 Å². The summed E-state index contributed by atoms with van der Waals surface area (Å²) in [6, 6.07) is 9.53. The van der Waals surface area contributed by atoms with Crippen LogP contribution in [0, 0.1) is 0 Å². The number of rotatable bonds is 4. The molecule has 3 rings (SSSR count). The molecule has 1 aromatic heterocycles. The van der Waals surface area contributed by atoms with Crippen molar-refractivity contribution in [2.75, 3.05) is 6.61 Å². The Kier molecular flexibility index (Phi) is 3.94. The summed E-state index contributed by atoms with van der Waals surface area (Å²) in [7, 11) is 0. The van der Waals surface area contributed by atoms with Crippen LogP contribution in [0.25, 0.3) is 0 Å². The largest absolute Gasteiger partial charge is 0.434 e. The van der Waals surface area contributed by atoms with Gasteiger partial charge in [0.05, 0.1) is 0 Å². The zero-order valence-electron chi connectivity index (χ0n) is 11.0. The number of nitrogens with zero attached hydrogens (tertiary/aromatic N) is 1. The molecule has 2 heterocycles. The lowest BCUT2D eigenvalue weighted by Gasteiger charge is -2.26. The van der Waals surface area contributed by atoms with Gasteiger partial charge in [-0.2, -0.15) is 0 Å². The molecule has 6 heteroatoms. The van der Waals surface area contributed by atoms with Crippen molar-refractivity contribution in [3.8, 4) is 0 Å². The number of H-pyrrole nitrogens is 1. The van der Waals surface area contributed by atoms with Crippen LogP contribution >= 0.6 is 0 Å². The molecular formula is C14H16N2O4. The molecule has 1 aliphatic heterocycles. The van der Waals surface area contributed by atoms with Crippen molar-refractivity contribution >= 4 is 0 Å². The second-order valence-corrected chi connectivity index (χ2v) is 4.67. The Hall–Kier alpha value is -1.92. The van der Waals surface area contributed by atoms with Crippen LogP contribution in [0.15, 0.2) is 39.5 Å². The van der Waals surface area contributed by atoms with Crippen molar-refractivity contribution in [1.29, 1.82) is 0 Å². The third kappa shape index (κ3) is 2.97. The number of aromatic amines is 1. The van der Waals surface area contributed by atoms with E-state index in [9.17, 15) is 4.79 Å². The maximum atomic E-state index is 11.1. The summed E-state index contributed by atoms with van der Waals surface area (Å²) < 4.78 is 16.6. The van der Waals surface area contributed by atoms with Crippen LogP contribution in [-0.2, 0) is 9.47 Å². The minimum Gasteiger partial charge on any atom is -0.389 e. The quantitative estimate of drug-likeness (QED) is 0.924. The summed E-state index contributed by atoms with van der Waals surface area (Å²) in [6.07, 6.45) is 2.11. The highest BCUT2D eigenvalue weighted by Gasteiger charge is 2.26. The van der Waals surface area contributed by atoms with E-state index in [0.29, 0.717) is 6.61 Å². The van der Waals surface area contributed by atoms with Crippen molar-refractivity contribution in [3.05, 3.63) is 52.3 Å². The van der Waals surface area contributed by atoms with Gasteiger partial charge in [-0.25, -0.2) is 9.89 Å². The fourth-order valence-electron chi connectivity index (χ4n) is 2.23. The molecule has 0 aliphatic carbocycles. The average Bonchev–Trinajstić information content (AvgIpc) is 2.93. The van der Waals surface area contributed by atoms with E-state index in [4.69, 9.17) is 13.9 Å². The van der Waals surface area contributed by atoms with Crippen molar-refractivity contribution in [1.82, 2.24) is 10.2 Å². The van der Waals surface area contributed by atoms with E-state index >= 15 is 0 Å². The van der Waals surface area contributed by atoms with Crippen LogP contribution in [-0.4, -0.2) is 23.1 Å². The fourth-order valence-corrected chi connectivity index (χ4v) is 2.23. The molecule has 106 valence electrons. The Morgan fingerprint density at radius 3 is 2.80 bits per heavy atom. The molecule has 2 atom stereocenters. The number of hydrogen-bond acceptors (Lipinski definition) is 5. The van der Waals surface area contributed by atoms with Gasteiger partial charge in [-0.15, -0.1) is 5.10 Å². The van der Waals surface area contributed by atoms with Crippen LogP contribution < -0.4 is 5.76 Å². The zero-order chi connectivity index (χ0) is 13.8. The van der Waals surface area contributed by atoms with E-state index in [1.54, 1.807) is 0 Å². The molecule has 2 aromatic rings. The Bertz CT molecular complexity index is 586. The molecule has 6 nitrogen and oxygen atoms in total. The van der Waals surface area contributed by atoms with E-state index < -0.39 is 11.9 Å². The molecule has 1 N–H and O–H groups in total. The molecule has 0 radical (unpaired) electrons. The van der Waals surface area contributed by atoms with Gasteiger partial charge < -0.3 is 13.9 Å². The van der Waals surface area contributed by atoms with Gasteiger partial charge in [0.1, 0.15) is 0 Å². The second kappa shape index (κ2) is 6.02. The maximum Gasteiger partial charge on any atom is 0.434 e. The predicted molar refractivity (Wildman–Crippen MR) is 70.1 cm³/mol. The van der Waals surface area contributed by atoms with Crippen LogP contribution in [0.3, 0.4) is 0 Å². The summed E-state index contributed by atoms with van der Waals surface area (Å²) in [5, 5.41) is 6.14. The normalized spacial score (nSPS) is 20.7. The van der Waals surface area contributed by atoms with Crippen LogP contribution in [0.4, 0.5) is 0 Å². The first-order valence-electron chi connectivity index (χ1n) is 6.70. The van der Waals surface area contributed by atoms with Crippen LogP contribution in [0.2, 0.25) is 0 Å². The topological polar surface area (TPSA) is 77.4 Å². The Balaban J connectivity index is 1.85. The first-order valence-corrected chi connectivity index (χ1v) is 6.70. The monoisotopic (exact) mass is 276 g/mol. The SMILES string of the molecule is O=c1[nH]nc(C(OC2CCCCO2)c2ccccc2)o1. The van der Waals surface area contributed by atoms with Gasteiger partial charge in [-0.05, 0) is 24.8 Å². The second-order valence-electron chi connectivity index (χ2n) is 4.67. The summed E-state index contributed by atoms with van der Waals surface area (Å²) in [5.41, 5.74) is 0.872. The Morgan fingerprint density at radius 2 is 2.15 bits per heavy atom. The summed E-state index contributed by atoms with van der Waals surface area (Å²) >= 11 is 0. The average molecular weight is 276 g/mol. The van der Waals surface area contributed by atoms with E-state index in [1.807, 2.05) is 30.3 Å². The smallest absolute Gasteiger partial charge is 0.389 e. The molecule has 1 aromatic carbocycles.